The first kappa shape index (κ1) is 35.1. The number of halogens is 6. The van der Waals surface area contributed by atoms with E-state index in [0.29, 0.717) is 24.3 Å². The van der Waals surface area contributed by atoms with Gasteiger partial charge in [-0.3, -0.25) is 4.55 Å². The molecule has 0 heterocycles. The highest BCUT2D eigenvalue weighted by Crippen LogP contribution is 2.50. The van der Waals surface area contributed by atoms with E-state index < -0.39 is 76.4 Å². The van der Waals surface area contributed by atoms with Gasteiger partial charge in [-0.2, -0.15) is 51.6 Å². The zero-order chi connectivity index (χ0) is 32.4. The average Bonchev–Trinajstić information content (AvgIpc) is 2.87. The maximum atomic E-state index is 13.9. The lowest BCUT2D eigenvalue weighted by atomic mass is 9.99. The van der Waals surface area contributed by atoms with Gasteiger partial charge in [0.25, 0.3) is 0 Å². The molecule has 20 heteroatoms. The molecule has 1 atom stereocenters. The molecule has 1 unspecified atom stereocenters. The van der Waals surface area contributed by atoms with Crippen molar-refractivity contribution in [2.75, 3.05) is 12.4 Å². The highest BCUT2D eigenvalue weighted by molar-refractivity contribution is 7.89. The molecule has 0 amide bonds. The van der Waals surface area contributed by atoms with Crippen LogP contribution in [0.3, 0.4) is 0 Å². The molecule has 0 aromatic heterocycles. The van der Waals surface area contributed by atoms with Gasteiger partial charge in [0.15, 0.2) is 0 Å². The zero-order valence-electron chi connectivity index (χ0n) is 21.3. The number of esters is 1. The zero-order valence-corrected chi connectivity index (χ0v) is 23.8. The summed E-state index contributed by atoms with van der Waals surface area (Å²) in [4.78, 5) is 12.1. The minimum atomic E-state index is -7.21. The summed E-state index contributed by atoms with van der Waals surface area (Å²) in [7, 11) is -18.5. The first-order valence-electron chi connectivity index (χ1n) is 11.3. The summed E-state index contributed by atoms with van der Waals surface area (Å²) in [5, 5.41) is -13.8. The minimum Gasteiger partial charge on any atom is -0.461 e. The van der Waals surface area contributed by atoms with Crippen LogP contribution in [0.25, 0.3) is 0 Å². The third-order valence-electron chi connectivity index (χ3n) is 5.52. The van der Waals surface area contributed by atoms with Crippen LogP contribution in [0.5, 0.6) is 11.5 Å². The van der Waals surface area contributed by atoms with Crippen LogP contribution in [-0.4, -0.2) is 64.6 Å². The van der Waals surface area contributed by atoms with Crippen LogP contribution >= 0.6 is 0 Å². The van der Waals surface area contributed by atoms with Gasteiger partial charge in [0.05, 0.1) is 5.56 Å². The van der Waals surface area contributed by atoms with Crippen LogP contribution in [0.4, 0.5) is 26.3 Å². The van der Waals surface area contributed by atoms with Crippen molar-refractivity contribution in [3.05, 3.63) is 59.7 Å². The van der Waals surface area contributed by atoms with Gasteiger partial charge in [0.2, 0.25) is 0 Å². The first-order valence-corrected chi connectivity index (χ1v) is 15.8. The molecule has 1 N–H and O–H groups in total. The second kappa shape index (κ2) is 12.3. The lowest BCUT2D eigenvalue weighted by Gasteiger charge is -2.29. The molecule has 0 aliphatic heterocycles. The van der Waals surface area contributed by atoms with Gasteiger partial charge in [-0.1, -0.05) is 26.0 Å². The second-order valence-corrected chi connectivity index (χ2v) is 13.2. The van der Waals surface area contributed by atoms with Gasteiger partial charge >= 0.3 is 52.8 Å². The van der Waals surface area contributed by atoms with Crippen molar-refractivity contribution >= 4 is 36.3 Å². The van der Waals surface area contributed by atoms with Gasteiger partial charge in [0.1, 0.15) is 23.9 Å². The fourth-order valence-corrected chi connectivity index (χ4v) is 5.11. The van der Waals surface area contributed by atoms with E-state index in [1.165, 1.54) is 12.1 Å². The third kappa shape index (κ3) is 7.45. The molecule has 0 bridgehead atoms. The maximum absolute atomic E-state index is 13.9. The Bertz CT molecular complexity index is 1590. The number of hydrogen-bond donors (Lipinski definition) is 1. The Labute approximate surface area is 236 Å². The third-order valence-corrected chi connectivity index (χ3v) is 8.83. The van der Waals surface area contributed by atoms with E-state index in [9.17, 15) is 56.4 Å². The number of hydrogen-bond acceptors (Lipinski definition) is 10. The van der Waals surface area contributed by atoms with Crippen LogP contribution < -0.4 is 8.37 Å². The van der Waals surface area contributed by atoms with Crippen molar-refractivity contribution in [3.63, 3.8) is 0 Å². The van der Waals surface area contributed by atoms with Gasteiger partial charge in [-0.25, -0.2) is 4.79 Å². The van der Waals surface area contributed by atoms with Gasteiger partial charge < -0.3 is 13.1 Å². The highest BCUT2D eigenvalue weighted by Gasteiger charge is 2.83. The standard InChI is InChI=1S/C22H22F6O11S3/c1-3-14(2)15-4-8-17(9-5-15)38-40(30,31)13-12-37-19(29)16-6-10-18(11-7-16)39-42(35,36)22(27,28)20(23,24)21(25,26)41(32,33)34/h4-11,14H,3,12-13H2,1-2H3,(H,32,33,34). The molecule has 0 radical (unpaired) electrons. The van der Waals surface area contributed by atoms with Crippen LogP contribution in [0.2, 0.25) is 0 Å². The molecule has 42 heavy (non-hydrogen) atoms. The summed E-state index contributed by atoms with van der Waals surface area (Å²) in [6.07, 6.45) is 0.856. The van der Waals surface area contributed by atoms with E-state index >= 15 is 0 Å². The van der Waals surface area contributed by atoms with Gasteiger partial charge in [-0.15, -0.1) is 0 Å². The Balaban J connectivity index is 2.03. The van der Waals surface area contributed by atoms with Gasteiger partial charge in [-0.05, 0) is 54.3 Å². The van der Waals surface area contributed by atoms with E-state index in [0.717, 1.165) is 12.0 Å². The van der Waals surface area contributed by atoms with Crippen molar-refractivity contribution in [2.24, 2.45) is 0 Å². The van der Waals surface area contributed by atoms with Crippen molar-refractivity contribution in [1.82, 2.24) is 0 Å². The topological polar surface area (TPSA) is 167 Å². The summed E-state index contributed by atoms with van der Waals surface area (Å²) in [5.41, 5.74) is 0.504. The van der Waals surface area contributed by atoms with E-state index in [4.69, 9.17) is 13.5 Å². The highest BCUT2D eigenvalue weighted by atomic mass is 32.2. The minimum absolute atomic E-state index is 0.00367. The Morgan fingerprint density at radius 2 is 1.29 bits per heavy atom. The number of rotatable bonds is 14. The number of alkyl halides is 6. The normalized spacial score (nSPS) is 14.2. The molecule has 0 spiro atoms. The number of carbonyl (C=O) groups is 1. The lowest BCUT2D eigenvalue weighted by molar-refractivity contribution is -0.247. The Morgan fingerprint density at radius 1 is 0.810 bits per heavy atom. The van der Waals surface area contributed by atoms with Crippen molar-refractivity contribution < 1.29 is 74.0 Å². The van der Waals surface area contributed by atoms with Crippen molar-refractivity contribution in [1.29, 1.82) is 0 Å². The van der Waals surface area contributed by atoms with Gasteiger partial charge in [0, 0.05) is 0 Å². The maximum Gasteiger partial charge on any atom is 0.450 e. The Morgan fingerprint density at radius 3 is 1.76 bits per heavy atom. The summed E-state index contributed by atoms with van der Waals surface area (Å²) >= 11 is 0. The monoisotopic (exact) mass is 672 g/mol. The summed E-state index contributed by atoms with van der Waals surface area (Å²) in [5.74, 6) is -10.2. The molecule has 0 aliphatic rings. The molecular formula is C22H22F6O11S3. The van der Waals surface area contributed by atoms with Crippen LogP contribution in [0, 0.1) is 0 Å². The fraction of sp³-hybridized carbons (Fsp3) is 0.409. The average molecular weight is 673 g/mol. The number of benzene rings is 2. The Hall–Kier alpha value is -3.10. The van der Waals surface area contributed by atoms with E-state index in [1.807, 2.05) is 13.8 Å². The first-order chi connectivity index (χ1) is 19.0. The molecule has 0 fully saturated rings. The van der Waals surface area contributed by atoms with E-state index in [-0.39, 0.29) is 11.7 Å². The molecular weight excluding hydrogens is 650 g/mol. The predicted octanol–water partition coefficient (Wildman–Crippen LogP) is 4.18. The predicted molar refractivity (Wildman–Crippen MR) is 132 cm³/mol. The van der Waals surface area contributed by atoms with Crippen molar-refractivity contribution in [3.8, 4) is 11.5 Å². The second-order valence-electron chi connectivity index (χ2n) is 8.50. The number of ether oxygens (including phenoxy) is 1. The van der Waals surface area contributed by atoms with Crippen LogP contribution in [0.1, 0.15) is 42.1 Å². The fourth-order valence-electron chi connectivity index (χ4n) is 2.91. The van der Waals surface area contributed by atoms with Crippen molar-refractivity contribution in [2.45, 2.75) is 42.6 Å². The molecule has 2 aromatic rings. The van der Waals surface area contributed by atoms with E-state index in [2.05, 4.69) is 4.18 Å². The Kier molecular flexibility index (Phi) is 10.2. The smallest absolute Gasteiger partial charge is 0.450 e. The molecule has 0 aliphatic carbocycles. The lowest BCUT2D eigenvalue weighted by Crippen LogP contribution is -2.61. The SMILES string of the molecule is CCC(C)c1ccc(OS(=O)(=O)CCOC(=O)c2ccc(OS(=O)(=O)C(F)(F)C(F)(F)C(F)(F)S(=O)(=O)O)cc2)cc1. The molecule has 2 aromatic carbocycles. The molecule has 11 nitrogen and oxygen atoms in total. The molecule has 236 valence electrons. The van der Waals surface area contributed by atoms with Crippen LogP contribution in [-0.2, 0) is 35.1 Å². The summed E-state index contributed by atoms with van der Waals surface area (Å²) < 4.78 is 172. The summed E-state index contributed by atoms with van der Waals surface area (Å²) in [6, 6.07) is 8.41. The summed E-state index contributed by atoms with van der Waals surface area (Å²) in [6.45, 7) is 3.22. The van der Waals surface area contributed by atoms with E-state index in [1.54, 1.807) is 12.1 Å². The van der Waals surface area contributed by atoms with Crippen LogP contribution in [0.15, 0.2) is 48.5 Å². The molecule has 0 saturated carbocycles. The quantitative estimate of drug-likeness (QED) is 0.132. The number of carbonyl (C=O) groups excluding carboxylic acids is 1. The molecule has 2 rings (SSSR count). The largest absolute Gasteiger partial charge is 0.461 e. The molecule has 0 saturated heterocycles.